The highest BCUT2D eigenvalue weighted by Crippen LogP contribution is 2.38. The standard InChI is InChI=1S/C20H13NO/c1-2-8-14(9-3-1)19-15-10-4-5-11-16(15)21-17-12-6-7-13-18(17)22-20(19)21/h1-13H. The fourth-order valence-electron chi connectivity index (χ4n) is 3.27. The predicted molar refractivity (Wildman–Crippen MR) is 90.1 cm³/mol. The maximum Gasteiger partial charge on any atom is 0.213 e. The maximum absolute atomic E-state index is 6.19. The molecule has 0 saturated carbocycles. The molecule has 0 radical (unpaired) electrons. The van der Waals surface area contributed by atoms with Crippen LogP contribution < -0.4 is 0 Å². The van der Waals surface area contributed by atoms with E-state index in [4.69, 9.17) is 4.42 Å². The minimum Gasteiger partial charge on any atom is -0.438 e. The van der Waals surface area contributed by atoms with Gasteiger partial charge >= 0.3 is 0 Å². The summed E-state index contributed by atoms with van der Waals surface area (Å²) in [6, 6.07) is 27.1. The third-order valence-corrected chi connectivity index (χ3v) is 4.21. The van der Waals surface area contributed by atoms with Crippen LogP contribution >= 0.6 is 0 Å². The smallest absolute Gasteiger partial charge is 0.213 e. The fraction of sp³-hybridized carbons (Fsp3) is 0. The molecule has 0 spiro atoms. The maximum atomic E-state index is 6.19. The average molecular weight is 283 g/mol. The van der Waals surface area contributed by atoms with E-state index in [2.05, 4.69) is 59.0 Å². The van der Waals surface area contributed by atoms with Crippen molar-refractivity contribution in [3.63, 3.8) is 0 Å². The molecule has 0 fully saturated rings. The van der Waals surface area contributed by atoms with E-state index in [1.54, 1.807) is 0 Å². The van der Waals surface area contributed by atoms with E-state index in [-0.39, 0.29) is 0 Å². The minimum absolute atomic E-state index is 0.911. The van der Waals surface area contributed by atoms with Crippen LogP contribution in [-0.4, -0.2) is 4.40 Å². The highest BCUT2D eigenvalue weighted by Gasteiger charge is 2.18. The minimum atomic E-state index is 0.911. The zero-order chi connectivity index (χ0) is 14.5. The first-order valence-corrected chi connectivity index (χ1v) is 7.39. The molecule has 5 aromatic rings. The third-order valence-electron chi connectivity index (χ3n) is 4.21. The van der Waals surface area contributed by atoms with E-state index in [0.717, 1.165) is 22.4 Å². The van der Waals surface area contributed by atoms with Crippen LogP contribution in [0.4, 0.5) is 0 Å². The van der Waals surface area contributed by atoms with Crippen molar-refractivity contribution in [1.82, 2.24) is 4.40 Å². The molecule has 22 heavy (non-hydrogen) atoms. The summed E-state index contributed by atoms with van der Waals surface area (Å²) in [5.41, 5.74) is 6.46. The first-order chi connectivity index (χ1) is 10.9. The highest BCUT2D eigenvalue weighted by molar-refractivity contribution is 6.06. The van der Waals surface area contributed by atoms with E-state index >= 15 is 0 Å². The summed E-state index contributed by atoms with van der Waals surface area (Å²) in [7, 11) is 0. The SMILES string of the molecule is c1ccc(-c2c3ccccc3n3c2oc2ccccc23)cc1. The highest BCUT2D eigenvalue weighted by atomic mass is 16.3. The molecule has 0 amide bonds. The largest absolute Gasteiger partial charge is 0.438 e. The summed E-state index contributed by atoms with van der Waals surface area (Å²) in [4.78, 5) is 0. The Kier molecular flexibility index (Phi) is 2.25. The second kappa shape index (κ2) is 4.25. The van der Waals surface area contributed by atoms with Crippen LogP contribution in [0.3, 0.4) is 0 Å². The number of fused-ring (bicyclic) bond motifs is 5. The number of rotatable bonds is 1. The molecule has 5 rings (SSSR count). The lowest BCUT2D eigenvalue weighted by atomic mass is 10.0. The van der Waals surface area contributed by atoms with Crippen molar-refractivity contribution in [2.24, 2.45) is 0 Å². The molecular weight excluding hydrogens is 270 g/mol. The van der Waals surface area contributed by atoms with Gasteiger partial charge in [-0.2, -0.15) is 0 Å². The van der Waals surface area contributed by atoms with Gasteiger partial charge in [-0.1, -0.05) is 60.7 Å². The van der Waals surface area contributed by atoms with Gasteiger partial charge in [-0.05, 0) is 23.8 Å². The van der Waals surface area contributed by atoms with Gasteiger partial charge in [-0.3, -0.25) is 4.40 Å². The van der Waals surface area contributed by atoms with Gasteiger partial charge in [-0.15, -0.1) is 0 Å². The van der Waals surface area contributed by atoms with Gasteiger partial charge in [0.05, 0.1) is 16.6 Å². The first-order valence-electron chi connectivity index (χ1n) is 7.39. The molecular formula is C20H13NO. The van der Waals surface area contributed by atoms with Crippen molar-refractivity contribution in [3.05, 3.63) is 78.9 Å². The topological polar surface area (TPSA) is 17.6 Å². The van der Waals surface area contributed by atoms with Gasteiger partial charge in [0.1, 0.15) is 0 Å². The normalized spacial score (nSPS) is 11.6. The molecule has 3 aromatic carbocycles. The van der Waals surface area contributed by atoms with Gasteiger partial charge in [0.25, 0.3) is 0 Å². The Bertz CT molecular complexity index is 1120. The van der Waals surface area contributed by atoms with Crippen LogP contribution in [0.1, 0.15) is 0 Å². The average Bonchev–Trinajstić information content (AvgIpc) is 3.10. The number of para-hydroxylation sites is 3. The van der Waals surface area contributed by atoms with Crippen LogP contribution in [-0.2, 0) is 0 Å². The van der Waals surface area contributed by atoms with Gasteiger partial charge in [0.15, 0.2) is 5.58 Å². The number of hydrogen-bond acceptors (Lipinski definition) is 1. The molecule has 0 bridgehead atoms. The summed E-state index contributed by atoms with van der Waals surface area (Å²) in [5.74, 6) is 0. The fourth-order valence-corrected chi connectivity index (χ4v) is 3.27. The second-order valence-electron chi connectivity index (χ2n) is 5.47. The molecule has 2 heteroatoms. The molecule has 0 aliphatic rings. The van der Waals surface area contributed by atoms with Crippen LogP contribution in [0.5, 0.6) is 0 Å². The lowest BCUT2D eigenvalue weighted by Gasteiger charge is -1.98. The van der Waals surface area contributed by atoms with Crippen molar-refractivity contribution < 1.29 is 4.42 Å². The summed E-state index contributed by atoms with van der Waals surface area (Å²) < 4.78 is 8.40. The lowest BCUT2D eigenvalue weighted by molar-refractivity contribution is 0.658. The first kappa shape index (κ1) is 11.6. The van der Waals surface area contributed by atoms with Crippen molar-refractivity contribution >= 4 is 27.7 Å². The Balaban J connectivity index is 2.07. The number of aromatic nitrogens is 1. The molecule has 0 atom stereocenters. The summed E-state index contributed by atoms with van der Waals surface area (Å²) in [5, 5.41) is 1.22. The van der Waals surface area contributed by atoms with E-state index in [1.807, 2.05) is 24.3 Å². The Labute approximate surface area is 127 Å². The van der Waals surface area contributed by atoms with Gasteiger partial charge in [-0.25, -0.2) is 0 Å². The van der Waals surface area contributed by atoms with E-state index in [9.17, 15) is 0 Å². The molecule has 0 unspecified atom stereocenters. The molecule has 2 aromatic heterocycles. The Morgan fingerprint density at radius 2 is 1.32 bits per heavy atom. The lowest BCUT2D eigenvalue weighted by Crippen LogP contribution is -1.78. The van der Waals surface area contributed by atoms with Crippen LogP contribution in [0, 0.1) is 0 Å². The molecule has 2 heterocycles. The van der Waals surface area contributed by atoms with Crippen LogP contribution in [0.2, 0.25) is 0 Å². The number of oxazole rings is 1. The third kappa shape index (κ3) is 1.44. The van der Waals surface area contributed by atoms with Crippen LogP contribution in [0.25, 0.3) is 38.8 Å². The van der Waals surface area contributed by atoms with Crippen molar-refractivity contribution in [1.29, 1.82) is 0 Å². The quantitative estimate of drug-likeness (QED) is 0.397. The predicted octanol–water partition coefficient (Wildman–Crippen LogP) is 5.51. The van der Waals surface area contributed by atoms with E-state index in [1.165, 1.54) is 16.5 Å². The second-order valence-corrected chi connectivity index (χ2v) is 5.47. The molecule has 2 nitrogen and oxygen atoms in total. The number of hydrogen-bond donors (Lipinski definition) is 0. The van der Waals surface area contributed by atoms with E-state index in [0.29, 0.717) is 0 Å². The van der Waals surface area contributed by atoms with Crippen molar-refractivity contribution in [2.75, 3.05) is 0 Å². The summed E-state index contributed by atoms with van der Waals surface area (Å²) in [6.07, 6.45) is 0. The zero-order valence-corrected chi connectivity index (χ0v) is 11.9. The molecule has 104 valence electrons. The van der Waals surface area contributed by atoms with E-state index < -0.39 is 0 Å². The number of nitrogens with zero attached hydrogens (tertiary/aromatic N) is 1. The molecule has 0 saturated heterocycles. The zero-order valence-electron chi connectivity index (χ0n) is 11.9. The monoisotopic (exact) mass is 283 g/mol. The number of benzene rings is 3. The van der Waals surface area contributed by atoms with Gasteiger partial charge < -0.3 is 4.42 Å². The van der Waals surface area contributed by atoms with Gasteiger partial charge in [0.2, 0.25) is 5.71 Å². The summed E-state index contributed by atoms with van der Waals surface area (Å²) in [6.45, 7) is 0. The van der Waals surface area contributed by atoms with Crippen molar-refractivity contribution in [3.8, 4) is 11.1 Å². The Morgan fingerprint density at radius 3 is 2.18 bits per heavy atom. The molecule has 0 aliphatic carbocycles. The molecule has 0 aliphatic heterocycles. The molecule has 0 N–H and O–H groups in total. The summed E-state index contributed by atoms with van der Waals surface area (Å²) >= 11 is 0. The van der Waals surface area contributed by atoms with Gasteiger partial charge in [0, 0.05) is 5.39 Å². The Morgan fingerprint density at radius 1 is 0.636 bits per heavy atom. The van der Waals surface area contributed by atoms with Crippen LogP contribution in [0.15, 0.2) is 83.3 Å². The Hall–Kier alpha value is -3.00. The van der Waals surface area contributed by atoms with Crippen molar-refractivity contribution in [2.45, 2.75) is 0 Å².